The lowest BCUT2D eigenvalue weighted by molar-refractivity contribution is 0.0734. The van der Waals surface area contributed by atoms with E-state index in [-0.39, 0.29) is 5.91 Å². The summed E-state index contributed by atoms with van der Waals surface area (Å²) in [7, 11) is 0. The van der Waals surface area contributed by atoms with E-state index >= 15 is 0 Å². The number of amides is 1. The molecule has 6 nitrogen and oxygen atoms in total. The highest BCUT2D eigenvalue weighted by atomic mass is 16.5. The van der Waals surface area contributed by atoms with Crippen LogP contribution in [0.15, 0.2) is 102 Å². The summed E-state index contributed by atoms with van der Waals surface area (Å²) in [5, 5.41) is 4.07. The number of nitrogens with one attached hydrogen (secondary N) is 1. The second-order valence-corrected chi connectivity index (χ2v) is 7.10. The number of hydrazone groups is 1. The topological polar surface area (TPSA) is 72.7 Å². The maximum absolute atomic E-state index is 12.7. The number of para-hydroxylation sites is 2. The molecule has 0 saturated carbocycles. The van der Waals surface area contributed by atoms with E-state index in [9.17, 15) is 9.59 Å². The summed E-state index contributed by atoms with van der Waals surface area (Å²) in [5.74, 6) is -0.459. The third-order valence-electron chi connectivity index (χ3n) is 4.81. The number of carbonyl (C=O) groups excluding carboxylic acids is 2. The standard InChI is InChI=1S/C26H21N3O3/c1-19-12-14-20(15-13-19)26(31)32-24-11-5-2-8-21(24)18-27-28-25(30)22-9-3-4-10-23(22)29-16-6-7-17-29/h2-18H,1H3,(H,28,30)/b27-18+. The first-order chi connectivity index (χ1) is 15.6. The lowest BCUT2D eigenvalue weighted by Crippen LogP contribution is -2.19. The van der Waals surface area contributed by atoms with Crippen molar-refractivity contribution in [2.24, 2.45) is 5.10 Å². The third kappa shape index (κ3) is 4.82. The molecule has 32 heavy (non-hydrogen) atoms. The SMILES string of the molecule is Cc1ccc(C(=O)Oc2ccccc2/C=N/NC(=O)c2ccccc2-n2cccc2)cc1. The molecule has 1 amide bonds. The van der Waals surface area contributed by atoms with E-state index in [0.717, 1.165) is 11.3 Å². The monoisotopic (exact) mass is 423 g/mol. The zero-order valence-electron chi connectivity index (χ0n) is 17.4. The molecule has 0 unspecified atom stereocenters. The van der Waals surface area contributed by atoms with Crippen LogP contribution >= 0.6 is 0 Å². The summed E-state index contributed by atoms with van der Waals surface area (Å²) in [6.45, 7) is 1.95. The molecule has 4 rings (SSSR count). The van der Waals surface area contributed by atoms with Crippen molar-refractivity contribution in [2.45, 2.75) is 6.92 Å². The van der Waals surface area contributed by atoms with Gasteiger partial charge in [0.25, 0.3) is 5.91 Å². The Morgan fingerprint density at radius 1 is 0.875 bits per heavy atom. The molecule has 0 aliphatic heterocycles. The number of nitrogens with zero attached hydrogens (tertiary/aromatic N) is 2. The van der Waals surface area contributed by atoms with E-state index in [1.165, 1.54) is 6.21 Å². The first kappa shape index (κ1) is 20.8. The zero-order valence-corrected chi connectivity index (χ0v) is 17.4. The Morgan fingerprint density at radius 3 is 2.34 bits per heavy atom. The zero-order chi connectivity index (χ0) is 22.3. The molecule has 4 aromatic rings. The van der Waals surface area contributed by atoms with Gasteiger partial charge in [0.1, 0.15) is 5.75 Å². The average Bonchev–Trinajstić information content (AvgIpc) is 3.35. The molecule has 0 aliphatic carbocycles. The van der Waals surface area contributed by atoms with Gasteiger partial charge in [0.2, 0.25) is 0 Å². The van der Waals surface area contributed by atoms with Gasteiger partial charge in [-0.3, -0.25) is 4.79 Å². The lowest BCUT2D eigenvalue weighted by Gasteiger charge is -2.09. The van der Waals surface area contributed by atoms with Gasteiger partial charge in [-0.05, 0) is 55.5 Å². The Labute approximate surface area is 185 Å². The summed E-state index contributed by atoms with van der Waals surface area (Å²) in [6.07, 6.45) is 5.19. The van der Waals surface area contributed by atoms with E-state index < -0.39 is 5.97 Å². The van der Waals surface area contributed by atoms with Crippen LogP contribution < -0.4 is 10.2 Å². The van der Waals surface area contributed by atoms with Crippen molar-refractivity contribution in [3.8, 4) is 11.4 Å². The Hall–Kier alpha value is -4.45. The summed E-state index contributed by atoms with van der Waals surface area (Å²) >= 11 is 0. The van der Waals surface area contributed by atoms with Crippen LogP contribution in [0.1, 0.15) is 31.8 Å². The number of ether oxygens (including phenoxy) is 1. The molecule has 0 spiro atoms. The van der Waals surface area contributed by atoms with Gasteiger partial charge in [0.15, 0.2) is 0 Å². The fourth-order valence-electron chi connectivity index (χ4n) is 3.14. The normalized spacial score (nSPS) is 10.8. The molecule has 0 atom stereocenters. The molecule has 1 N–H and O–H groups in total. The van der Waals surface area contributed by atoms with Crippen molar-refractivity contribution in [1.29, 1.82) is 0 Å². The van der Waals surface area contributed by atoms with E-state index in [2.05, 4.69) is 10.5 Å². The molecule has 158 valence electrons. The largest absolute Gasteiger partial charge is 0.422 e. The van der Waals surface area contributed by atoms with Crippen LogP contribution in [0.2, 0.25) is 0 Å². The summed E-state index contributed by atoms with van der Waals surface area (Å²) in [5.41, 5.74) is 5.86. The van der Waals surface area contributed by atoms with Crippen LogP contribution in [0.25, 0.3) is 5.69 Å². The van der Waals surface area contributed by atoms with Gasteiger partial charge >= 0.3 is 5.97 Å². The maximum Gasteiger partial charge on any atom is 0.343 e. The molecule has 0 saturated heterocycles. The number of hydrogen-bond acceptors (Lipinski definition) is 4. The molecule has 0 bridgehead atoms. The molecular weight excluding hydrogens is 402 g/mol. The van der Waals surface area contributed by atoms with E-state index in [0.29, 0.717) is 22.4 Å². The summed E-state index contributed by atoms with van der Waals surface area (Å²) < 4.78 is 7.40. The summed E-state index contributed by atoms with van der Waals surface area (Å²) in [4.78, 5) is 25.2. The number of hydrogen-bond donors (Lipinski definition) is 1. The molecule has 1 aromatic heterocycles. The highest BCUT2D eigenvalue weighted by Gasteiger charge is 2.12. The molecule has 1 heterocycles. The van der Waals surface area contributed by atoms with Crippen molar-refractivity contribution < 1.29 is 14.3 Å². The first-order valence-corrected chi connectivity index (χ1v) is 10.1. The smallest absolute Gasteiger partial charge is 0.343 e. The number of esters is 1. The van der Waals surface area contributed by atoms with E-state index in [4.69, 9.17) is 4.74 Å². The number of benzene rings is 3. The first-order valence-electron chi connectivity index (χ1n) is 10.1. The average molecular weight is 423 g/mol. The van der Waals surface area contributed by atoms with Crippen molar-refractivity contribution in [3.63, 3.8) is 0 Å². The molecular formula is C26H21N3O3. The van der Waals surface area contributed by atoms with Gasteiger partial charge < -0.3 is 9.30 Å². The van der Waals surface area contributed by atoms with Crippen molar-refractivity contribution in [1.82, 2.24) is 9.99 Å². The highest BCUT2D eigenvalue weighted by molar-refractivity contribution is 5.98. The number of carbonyl (C=O) groups is 2. The molecule has 0 aliphatic rings. The second-order valence-electron chi connectivity index (χ2n) is 7.10. The third-order valence-corrected chi connectivity index (χ3v) is 4.81. The number of aromatic nitrogens is 1. The Bertz CT molecular complexity index is 1260. The minimum absolute atomic E-state index is 0.348. The van der Waals surface area contributed by atoms with Gasteiger partial charge in [-0.25, -0.2) is 10.2 Å². The Kier molecular flexibility index (Phi) is 6.22. The Morgan fingerprint density at radius 2 is 1.56 bits per heavy atom. The predicted molar refractivity (Wildman–Crippen MR) is 123 cm³/mol. The molecule has 0 radical (unpaired) electrons. The van der Waals surface area contributed by atoms with Crippen molar-refractivity contribution in [3.05, 3.63) is 120 Å². The minimum Gasteiger partial charge on any atom is -0.422 e. The van der Waals surface area contributed by atoms with Crippen LogP contribution in [0.3, 0.4) is 0 Å². The van der Waals surface area contributed by atoms with Crippen LogP contribution in [-0.4, -0.2) is 22.7 Å². The van der Waals surface area contributed by atoms with Crippen LogP contribution in [0.5, 0.6) is 5.75 Å². The van der Waals surface area contributed by atoms with Gasteiger partial charge in [-0.1, -0.05) is 42.0 Å². The molecule has 6 heteroatoms. The van der Waals surface area contributed by atoms with E-state index in [1.807, 2.05) is 60.3 Å². The van der Waals surface area contributed by atoms with Gasteiger partial charge in [-0.15, -0.1) is 0 Å². The second kappa shape index (κ2) is 9.57. The minimum atomic E-state index is -0.462. The quantitative estimate of drug-likeness (QED) is 0.210. The van der Waals surface area contributed by atoms with Gasteiger partial charge in [0.05, 0.1) is 23.0 Å². The lowest BCUT2D eigenvalue weighted by atomic mass is 10.1. The van der Waals surface area contributed by atoms with Crippen LogP contribution in [0.4, 0.5) is 0 Å². The fourth-order valence-corrected chi connectivity index (χ4v) is 3.14. The number of rotatable bonds is 6. The predicted octanol–water partition coefficient (Wildman–Crippen LogP) is 4.77. The van der Waals surface area contributed by atoms with Crippen LogP contribution in [0, 0.1) is 6.92 Å². The molecule has 0 fully saturated rings. The number of aryl methyl sites for hydroxylation is 1. The Balaban J connectivity index is 1.48. The van der Waals surface area contributed by atoms with Gasteiger partial charge in [-0.2, -0.15) is 5.10 Å². The van der Waals surface area contributed by atoms with Crippen molar-refractivity contribution in [2.75, 3.05) is 0 Å². The van der Waals surface area contributed by atoms with Crippen LogP contribution in [-0.2, 0) is 0 Å². The van der Waals surface area contributed by atoms with E-state index in [1.54, 1.807) is 48.5 Å². The fraction of sp³-hybridized carbons (Fsp3) is 0.0385. The van der Waals surface area contributed by atoms with Crippen molar-refractivity contribution >= 4 is 18.1 Å². The summed E-state index contributed by atoms with van der Waals surface area (Å²) in [6, 6.07) is 25.2. The maximum atomic E-state index is 12.7. The molecule has 3 aromatic carbocycles. The highest BCUT2D eigenvalue weighted by Crippen LogP contribution is 2.18. The van der Waals surface area contributed by atoms with Gasteiger partial charge in [0, 0.05) is 18.0 Å².